The summed E-state index contributed by atoms with van der Waals surface area (Å²) in [5.74, 6) is 0.243. The number of hydrogen-bond donors (Lipinski definition) is 1. The smallest absolute Gasteiger partial charge is 0.306 e. The topological polar surface area (TPSA) is 68.2 Å². The number of methoxy groups -OCH3 is 3. The largest absolute Gasteiger partial charge is 0.496 e. The molecule has 0 saturated carbocycles. The predicted octanol–water partition coefficient (Wildman–Crippen LogP) is 3.74. The van der Waals surface area contributed by atoms with Crippen LogP contribution in [0.5, 0.6) is 17.2 Å². The summed E-state index contributed by atoms with van der Waals surface area (Å²) in [5.41, 5.74) is 1.40. The van der Waals surface area contributed by atoms with Crippen molar-refractivity contribution in [3.8, 4) is 17.2 Å². The van der Waals surface area contributed by atoms with Crippen molar-refractivity contribution in [2.24, 2.45) is 5.92 Å². The molecule has 1 atom stereocenters. The Morgan fingerprint density at radius 1 is 1.03 bits per heavy atom. The summed E-state index contributed by atoms with van der Waals surface area (Å²) in [7, 11) is 4.70. The first-order valence-corrected chi connectivity index (χ1v) is 9.51. The minimum Gasteiger partial charge on any atom is -0.496 e. The van der Waals surface area contributed by atoms with Crippen LogP contribution >= 0.6 is 0 Å². The Hall–Kier alpha value is -2.80. The van der Waals surface area contributed by atoms with Gasteiger partial charge in [0, 0.05) is 5.56 Å². The maximum atomic E-state index is 14.2. The molecule has 0 spiro atoms. The van der Waals surface area contributed by atoms with Gasteiger partial charge in [0.1, 0.15) is 23.1 Å². The molecule has 29 heavy (non-hydrogen) atoms. The van der Waals surface area contributed by atoms with Gasteiger partial charge >= 0.3 is 5.97 Å². The Labute approximate surface area is 169 Å². The second-order valence-electron chi connectivity index (χ2n) is 7.01. The number of nitrogens with zero attached hydrogens (tertiary/aromatic N) is 1. The first kappa shape index (κ1) is 20.9. The predicted molar refractivity (Wildman–Crippen MR) is 106 cm³/mol. The average Bonchev–Trinajstić information content (AvgIpc) is 2.74. The van der Waals surface area contributed by atoms with Crippen LogP contribution in [0.1, 0.15) is 30.0 Å². The minimum atomic E-state index is -0.778. The SMILES string of the molecule is COc1ccc(F)cc1C(c1c(OC)cccc1OC)N1CCC(C(=O)O)CC1. The van der Waals surface area contributed by atoms with Crippen LogP contribution in [0.2, 0.25) is 0 Å². The molecule has 0 amide bonds. The van der Waals surface area contributed by atoms with Gasteiger partial charge in [0.15, 0.2) is 0 Å². The quantitative estimate of drug-likeness (QED) is 0.760. The van der Waals surface area contributed by atoms with Crippen molar-refractivity contribution in [3.63, 3.8) is 0 Å². The number of benzene rings is 2. The van der Waals surface area contributed by atoms with Gasteiger partial charge in [-0.3, -0.25) is 9.69 Å². The number of ether oxygens (including phenoxy) is 3. The average molecular weight is 403 g/mol. The molecule has 2 aromatic rings. The van der Waals surface area contributed by atoms with Gasteiger partial charge < -0.3 is 19.3 Å². The van der Waals surface area contributed by atoms with E-state index < -0.39 is 12.0 Å². The van der Waals surface area contributed by atoms with Gasteiger partial charge in [-0.05, 0) is 56.3 Å². The van der Waals surface area contributed by atoms with E-state index in [4.69, 9.17) is 14.2 Å². The van der Waals surface area contributed by atoms with Crippen LogP contribution in [-0.2, 0) is 4.79 Å². The van der Waals surface area contributed by atoms with Gasteiger partial charge in [-0.15, -0.1) is 0 Å². The fourth-order valence-corrected chi connectivity index (χ4v) is 4.01. The standard InChI is InChI=1S/C22H26FNO5/c1-27-17-8-7-15(23)13-16(17)21(24-11-9-14(10-12-24)22(25)26)20-18(28-2)5-4-6-19(20)29-3/h4-8,13-14,21H,9-12H2,1-3H3,(H,25,26). The van der Waals surface area contributed by atoms with E-state index in [0.29, 0.717) is 48.7 Å². The lowest BCUT2D eigenvalue weighted by molar-refractivity contribution is -0.143. The molecule has 1 unspecified atom stereocenters. The zero-order chi connectivity index (χ0) is 21.0. The van der Waals surface area contributed by atoms with Crippen LogP contribution in [0.15, 0.2) is 36.4 Å². The molecule has 0 aliphatic carbocycles. The Morgan fingerprint density at radius 2 is 1.62 bits per heavy atom. The summed E-state index contributed by atoms with van der Waals surface area (Å²) in [6.07, 6.45) is 1.03. The summed E-state index contributed by atoms with van der Waals surface area (Å²) >= 11 is 0. The Bertz CT molecular complexity index is 842. The van der Waals surface area contributed by atoms with Crippen LogP contribution in [0.3, 0.4) is 0 Å². The number of aliphatic carboxylic acids is 1. The number of carboxylic acid groups (broad SMARTS) is 1. The first-order chi connectivity index (χ1) is 14.0. The Kier molecular flexibility index (Phi) is 6.59. The highest BCUT2D eigenvalue weighted by Gasteiger charge is 2.35. The lowest BCUT2D eigenvalue weighted by atomic mass is 9.90. The van der Waals surface area contributed by atoms with Crippen molar-refractivity contribution < 1.29 is 28.5 Å². The van der Waals surface area contributed by atoms with Crippen LogP contribution < -0.4 is 14.2 Å². The molecule has 7 heteroatoms. The van der Waals surface area contributed by atoms with E-state index >= 15 is 0 Å². The van der Waals surface area contributed by atoms with Gasteiger partial charge in [-0.2, -0.15) is 0 Å². The maximum Gasteiger partial charge on any atom is 0.306 e. The number of halogens is 1. The van der Waals surface area contributed by atoms with Crippen LogP contribution in [0, 0.1) is 11.7 Å². The Balaban J connectivity index is 2.14. The molecule has 1 aliphatic heterocycles. The molecular weight excluding hydrogens is 377 g/mol. The fourth-order valence-electron chi connectivity index (χ4n) is 4.01. The van der Waals surface area contributed by atoms with Crippen molar-refractivity contribution in [1.82, 2.24) is 4.90 Å². The van der Waals surface area contributed by atoms with Gasteiger partial charge in [-0.1, -0.05) is 6.07 Å². The van der Waals surface area contributed by atoms with E-state index in [9.17, 15) is 14.3 Å². The summed E-state index contributed by atoms with van der Waals surface area (Å²) in [5, 5.41) is 9.35. The number of likely N-dealkylation sites (tertiary alicyclic amines) is 1. The highest BCUT2D eigenvalue weighted by molar-refractivity contribution is 5.70. The Morgan fingerprint density at radius 3 is 2.14 bits per heavy atom. The highest BCUT2D eigenvalue weighted by Crippen LogP contribution is 2.44. The van der Waals surface area contributed by atoms with Gasteiger partial charge in [-0.25, -0.2) is 4.39 Å². The van der Waals surface area contributed by atoms with Crippen molar-refractivity contribution in [1.29, 1.82) is 0 Å². The zero-order valence-electron chi connectivity index (χ0n) is 16.9. The lowest BCUT2D eigenvalue weighted by Gasteiger charge is -2.38. The third-order valence-electron chi connectivity index (χ3n) is 5.47. The molecule has 0 aromatic heterocycles. The molecule has 6 nitrogen and oxygen atoms in total. The minimum absolute atomic E-state index is 0.374. The molecule has 1 fully saturated rings. The van der Waals surface area contributed by atoms with E-state index in [1.807, 2.05) is 18.2 Å². The van der Waals surface area contributed by atoms with Crippen LogP contribution in [0.4, 0.5) is 4.39 Å². The number of hydrogen-bond acceptors (Lipinski definition) is 5. The summed E-state index contributed by atoms with van der Waals surface area (Å²) < 4.78 is 31.0. The molecule has 156 valence electrons. The van der Waals surface area contributed by atoms with Crippen molar-refractivity contribution in [2.75, 3.05) is 34.4 Å². The van der Waals surface area contributed by atoms with Crippen LogP contribution in [0.25, 0.3) is 0 Å². The van der Waals surface area contributed by atoms with E-state index in [1.165, 1.54) is 12.1 Å². The first-order valence-electron chi connectivity index (χ1n) is 9.51. The summed E-state index contributed by atoms with van der Waals surface area (Å²) in [4.78, 5) is 13.5. The van der Waals surface area contributed by atoms with Gasteiger partial charge in [0.25, 0.3) is 0 Å². The van der Waals surface area contributed by atoms with E-state index in [1.54, 1.807) is 27.4 Å². The molecule has 1 saturated heterocycles. The molecular formula is C22H26FNO5. The molecule has 0 bridgehead atoms. The monoisotopic (exact) mass is 403 g/mol. The second-order valence-corrected chi connectivity index (χ2v) is 7.01. The zero-order valence-corrected chi connectivity index (χ0v) is 16.9. The third kappa shape index (κ3) is 4.29. The molecule has 3 rings (SSSR count). The third-order valence-corrected chi connectivity index (χ3v) is 5.47. The summed E-state index contributed by atoms with van der Waals surface area (Å²) in [6, 6.07) is 9.50. The van der Waals surface area contributed by atoms with Gasteiger partial charge in [0.2, 0.25) is 0 Å². The van der Waals surface area contributed by atoms with Gasteiger partial charge in [0.05, 0.1) is 38.9 Å². The molecule has 1 N–H and O–H groups in total. The normalized spacial score (nSPS) is 16.3. The van der Waals surface area contributed by atoms with Crippen molar-refractivity contribution in [3.05, 3.63) is 53.3 Å². The van der Waals surface area contributed by atoms with Crippen molar-refractivity contribution in [2.45, 2.75) is 18.9 Å². The van der Waals surface area contributed by atoms with E-state index in [0.717, 1.165) is 5.56 Å². The number of piperidine rings is 1. The van der Waals surface area contributed by atoms with E-state index in [-0.39, 0.29) is 11.7 Å². The molecule has 1 heterocycles. The number of carboxylic acids is 1. The molecule has 1 aliphatic rings. The van der Waals surface area contributed by atoms with E-state index in [2.05, 4.69) is 4.90 Å². The second kappa shape index (κ2) is 9.13. The highest BCUT2D eigenvalue weighted by atomic mass is 19.1. The summed E-state index contributed by atoms with van der Waals surface area (Å²) in [6.45, 7) is 1.09. The van der Waals surface area contributed by atoms with Crippen LogP contribution in [-0.4, -0.2) is 50.4 Å². The number of carbonyl (C=O) groups is 1. The maximum absolute atomic E-state index is 14.2. The van der Waals surface area contributed by atoms with Crippen molar-refractivity contribution >= 4 is 5.97 Å². The molecule has 2 aromatic carbocycles. The molecule has 0 radical (unpaired) electrons. The fraction of sp³-hybridized carbons (Fsp3) is 0.409. The lowest BCUT2D eigenvalue weighted by Crippen LogP contribution is -2.39. The number of rotatable bonds is 7.